The molecule has 5 rings (SSSR count). The van der Waals surface area contributed by atoms with E-state index in [1.165, 1.54) is 18.2 Å². The Hall–Kier alpha value is -3.71. The molecule has 0 saturated carbocycles. The third-order valence-corrected chi connectivity index (χ3v) is 5.79. The van der Waals surface area contributed by atoms with Crippen LogP contribution in [0.1, 0.15) is 11.1 Å². The summed E-state index contributed by atoms with van der Waals surface area (Å²) in [6.45, 7) is 2.28. The molecular formula is C24H18ClF2N5. The zero-order valence-corrected chi connectivity index (χ0v) is 17.8. The van der Waals surface area contributed by atoms with E-state index >= 15 is 0 Å². The molecule has 0 saturated heterocycles. The fourth-order valence-electron chi connectivity index (χ4n) is 3.98. The summed E-state index contributed by atoms with van der Waals surface area (Å²) in [6, 6.07) is 15.0. The summed E-state index contributed by atoms with van der Waals surface area (Å²) in [4.78, 5) is 10.8. The smallest absolute Gasteiger partial charge is 0.165 e. The van der Waals surface area contributed by atoms with Gasteiger partial charge in [0.1, 0.15) is 24.1 Å². The van der Waals surface area contributed by atoms with Crippen molar-refractivity contribution in [1.29, 1.82) is 0 Å². The monoisotopic (exact) mass is 449 g/mol. The number of nitrogens with zero attached hydrogens (tertiary/aromatic N) is 3. The van der Waals surface area contributed by atoms with Crippen molar-refractivity contribution in [2.75, 3.05) is 16.9 Å². The standard InChI is InChI=1S/C24H18ClF2N5/c1-13-5-7-16-15(9-10-29-24(16)31-19-4-2-3-18(25)21(19)27)22(13)32-12-30-23(28)17-11-14(26)6-8-20(17)32/h2-11H,12H2,1H3,(H2,28,30)(H,29,31). The fourth-order valence-corrected chi connectivity index (χ4v) is 4.16. The van der Waals surface area contributed by atoms with Gasteiger partial charge in [0.05, 0.1) is 22.1 Å². The average molecular weight is 450 g/mol. The Labute approximate surface area is 188 Å². The maximum atomic E-state index is 14.5. The second kappa shape index (κ2) is 7.76. The van der Waals surface area contributed by atoms with Crippen LogP contribution in [-0.2, 0) is 0 Å². The van der Waals surface area contributed by atoms with Crippen molar-refractivity contribution < 1.29 is 8.78 Å². The van der Waals surface area contributed by atoms with Gasteiger partial charge in [-0.15, -0.1) is 0 Å². The second-order valence-corrected chi connectivity index (χ2v) is 7.89. The molecule has 0 spiro atoms. The van der Waals surface area contributed by atoms with Crippen molar-refractivity contribution >= 4 is 51.1 Å². The molecule has 0 amide bonds. The molecule has 4 aromatic rings. The fraction of sp³-hybridized carbons (Fsp3) is 0.0833. The lowest BCUT2D eigenvalue weighted by molar-refractivity contribution is 0.627. The van der Waals surface area contributed by atoms with Crippen LogP contribution in [0.25, 0.3) is 10.8 Å². The summed E-state index contributed by atoms with van der Waals surface area (Å²) in [7, 11) is 0. The van der Waals surface area contributed by atoms with Crippen molar-refractivity contribution in [2.24, 2.45) is 10.7 Å². The largest absolute Gasteiger partial charge is 0.383 e. The lowest BCUT2D eigenvalue weighted by Gasteiger charge is -2.31. The Kier molecular flexibility index (Phi) is 4.90. The molecule has 0 radical (unpaired) electrons. The van der Waals surface area contributed by atoms with E-state index in [9.17, 15) is 8.78 Å². The van der Waals surface area contributed by atoms with E-state index in [1.807, 2.05) is 30.0 Å². The quantitative estimate of drug-likeness (QED) is 0.400. The topological polar surface area (TPSA) is 66.5 Å². The number of anilines is 4. The van der Waals surface area contributed by atoms with Crippen LogP contribution in [0.2, 0.25) is 5.02 Å². The second-order valence-electron chi connectivity index (χ2n) is 7.49. The third-order valence-electron chi connectivity index (χ3n) is 5.50. The number of rotatable bonds is 3. The van der Waals surface area contributed by atoms with E-state index in [2.05, 4.69) is 15.3 Å². The first-order valence-electron chi connectivity index (χ1n) is 9.91. The number of nitrogens with one attached hydrogen (secondary N) is 1. The highest BCUT2D eigenvalue weighted by Crippen LogP contribution is 2.40. The molecule has 5 nitrogen and oxygen atoms in total. The van der Waals surface area contributed by atoms with E-state index in [1.54, 1.807) is 24.4 Å². The summed E-state index contributed by atoms with van der Waals surface area (Å²) < 4.78 is 28.3. The number of nitrogens with two attached hydrogens (primary N) is 1. The van der Waals surface area contributed by atoms with E-state index < -0.39 is 5.82 Å². The first-order valence-corrected chi connectivity index (χ1v) is 10.3. The number of hydrogen-bond acceptors (Lipinski definition) is 5. The molecule has 160 valence electrons. The van der Waals surface area contributed by atoms with Crippen LogP contribution in [0.5, 0.6) is 0 Å². The molecule has 3 aromatic carbocycles. The van der Waals surface area contributed by atoms with E-state index in [0.717, 1.165) is 27.7 Å². The van der Waals surface area contributed by atoms with Crippen LogP contribution in [0.3, 0.4) is 0 Å². The highest BCUT2D eigenvalue weighted by molar-refractivity contribution is 6.31. The minimum atomic E-state index is -0.544. The average Bonchev–Trinajstić information content (AvgIpc) is 2.78. The van der Waals surface area contributed by atoms with Crippen molar-refractivity contribution in [3.05, 3.63) is 88.6 Å². The number of aromatic nitrogens is 1. The highest BCUT2D eigenvalue weighted by atomic mass is 35.5. The predicted molar refractivity (Wildman–Crippen MR) is 125 cm³/mol. The zero-order chi connectivity index (χ0) is 22.4. The van der Waals surface area contributed by atoms with Gasteiger partial charge in [0, 0.05) is 22.5 Å². The van der Waals surface area contributed by atoms with Crippen LogP contribution in [-0.4, -0.2) is 17.5 Å². The normalized spacial score (nSPS) is 13.1. The SMILES string of the molecule is Cc1ccc2c(Nc3cccc(Cl)c3F)nccc2c1N1CN=C(N)c2cc(F)ccc21. The third kappa shape index (κ3) is 3.31. The molecule has 0 fully saturated rings. The first-order chi connectivity index (χ1) is 15.4. The molecule has 0 bridgehead atoms. The summed E-state index contributed by atoms with van der Waals surface area (Å²) in [5.41, 5.74) is 9.46. The molecule has 2 heterocycles. The lowest BCUT2D eigenvalue weighted by atomic mass is 10.0. The molecule has 3 N–H and O–H groups in total. The van der Waals surface area contributed by atoms with Crippen molar-refractivity contribution in [2.45, 2.75) is 6.92 Å². The van der Waals surface area contributed by atoms with Gasteiger partial charge in [-0.1, -0.05) is 29.8 Å². The Bertz CT molecular complexity index is 1400. The van der Waals surface area contributed by atoms with Crippen LogP contribution in [0.15, 0.2) is 65.8 Å². The number of pyridine rings is 1. The summed E-state index contributed by atoms with van der Waals surface area (Å²) in [5.74, 6) is -0.131. The van der Waals surface area contributed by atoms with Gasteiger partial charge in [-0.05, 0) is 48.9 Å². The van der Waals surface area contributed by atoms with Crippen LogP contribution >= 0.6 is 11.6 Å². The number of hydrogen-bond donors (Lipinski definition) is 2. The molecule has 8 heteroatoms. The molecule has 0 atom stereocenters. The summed E-state index contributed by atoms with van der Waals surface area (Å²) in [5, 5.41) is 4.76. The predicted octanol–water partition coefficient (Wildman–Crippen LogP) is 6.03. The molecule has 0 aliphatic carbocycles. The maximum absolute atomic E-state index is 14.5. The van der Waals surface area contributed by atoms with E-state index in [-0.39, 0.29) is 16.5 Å². The van der Waals surface area contributed by atoms with Gasteiger partial charge in [-0.2, -0.15) is 0 Å². The van der Waals surface area contributed by atoms with Gasteiger partial charge in [0.25, 0.3) is 0 Å². The van der Waals surface area contributed by atoms with Crippen molar-refractivity contribution in [3.8, 4) is 0 Å². The van der Waals surface area contributed by atoms with Crippen LogP contribution in [0.4, 0.5) is 31.7 Å². The van der Waals surface area contributed by atoms with Gasteiger partial charge in [-0.3, -0.25) is 0 Å². The van der Waals surface area contributed by atoms with E-state index in [0.29, 0.717) is 23.9 Å². The number of amidine groups is 1. The van der Waals surface area contributed by atoms with Gasteiger partial charge < -0.3 is 16.0 Å². The van der Waals surface area contributed by atoms with E-state index in [4.69, 9.17) is 17.3 Å². The van der Waals surface area contributed by atoms with Gasteiger partial charge in [0.2, 0.25) is 0 Å². The maximum Gasteiger partial charge on any atom is 0.165 e. The van der Waals surface area contributed by atoms with Crippen molar-refractivity contribution in [1.82, 2.24) is 4.98 Å². The summed E-state index contributed by atoms with van der Waals surface area (Å²) >= 11 is 5.93. The number of benzene rings is 3. The Balaban J connectivity index is 1.67. The molecule has 32 heavy (non-hydrogen) atoms. The Morgan fingerprint density at radius 1 is 1.06 bits per heavy atom. The molecular weight excluding hydrogens is 432 g/mol. The van der Waals surface area contributed by atoms with Gasteiger partial charge in [0.15, 0.2) is 5.82 Å². The molecule has 1 aliphatic rings. The molecule has 1 aliphatic heterocycles. The number of aliphatic imine (C=N–C) groups is 1. The number of fused-ring (bicyclic) bond motifs is 2. The zero-order valence-electron chi connectivity index (χ0n) is 17.0. The van der Waals surface area contributed by atoms with Gasteiger partial charge in [-0.25, -0.2) is 18.8 Å². The highest BCUT2D eigenvalue weighted by Gasteiger charge is 2.24. The number of halogens is 3. The van der Waals surface area contributed by atoms with Crippen molar-refractivity contribution in [3.63, 3.8) is 0 Å². The Morgan fingerprint density at radius 3 is 2.75 bits per heavy atom. The molecule has 1 aromatic heterocycles. The van der Waals surface area contributed by atoms with Gasteiger partial charge >= 0.3 is 0 Å². The minimum Gasteiger partial charge on any atom is -0.383 e. The molecule has 0 unspecified atom stereocenters. The minimum absolute atomic E-state index is 0.0272. The first kappa shape index (κ1) is 20.2. The summed E-state index contributed by atoms with van der Waals surface area (Å²) in [6.07, 6.45) is 1.66. The number of aryl methyl sites for hydroxylation is 1. The van der Waals surface area contributed by atoms with Crippen LogP contribution in [0, 0.1) is 18.6 Å². The van der Waals surface area contributed by atoms with Crippen LogP contribution < -0.4 is 16.0 Å². The Morgan fingerprint density at radius 2 is 1.91 bits per heavy atom. The lowest BCUT2D eigenvalue weighted by Crippen LogP contribution is -2.30.